The van der Waals surface area contributed by atoms with E-state index in [0.717, 1.165) is 54.4 Å². The Morgan fingerprint density at radius 1 is 0.914 bits per heavy atom. The lowest BCUT2D eigenvalue weighted by Gasteiger charge is -2.34. The molecule has 0 aliphatic carbocycles. The van der Waals surface area contributed by atoms with Gasteiger partial charge in [0.25, 0.3) is 0 Å². The monoisotopic (exact) mass is 470 g/mol. The van der Waals surface area contributed by atoms with Crippen LogP contribution in [0, 0.1) is 20.8 Å². The lowest BCUT2D eigenvalue weighted by molar-refractivity contribution is -0.122. The summed E-state index contributed by atoms with van der Waals surface area (Å²) in [5.41, 5.74) is 6.88. The molecule has 184 valence electrons. The van der Waals surface area contributed by atoms with Crippen molar-refractivity contribution in [2.45, 2.75) is 40.0 Å². The maximum atomic E-state index is 14.0. The molecule has 4 rings (SSSR count). The van der Waals surface area contributed by atoms with Gasteiger partial charge in [-0.05, 0) is 64.4 Å². The second-order valence-corrected chi connectivity index (χ2v) is 10.5. The molecular weight excluding hydrogens is 432 g/mol. The van der Waals surface area contributed by atoms with Gasteiger partial charge in [-0.1, -0.05) is 53.6 Å². The Bertz CT molecular complexity index is 1200. The van der Waals surface area contributed by atoms with Gasteiger partial charge in [0, 0.05) is 38.8 Å². The van der Waals surface area contributed by atoms with Crippen LogP contribution in [0.5, 0.6) is 0 Å². The van der Waals surface area contributed by atoms with Gasteiger partial charge in [-0.2, -0.15) is 0 Å². The number of hydrogen-bond acceptors (Lipinski definition) is 4. The zero-order valence-electron chi connectivity index (χ0n) is 22.2. The molecule has 5 heteroatoms. The summed E-state index contributed by atoms with van der Waals surface area (Å²) in [5, 5.41) is 0. The highest BCUT2D eigenvalue weighted by Gasteiger charge is 2.34. The normalized spacial score (nSPS) is 14.8. The molecule has 2 heterocycles. The third-order valence-electron chi connectivity index (χ3n) is 7.28. The smallest absolute Gasteiger partial charge is 0.236 e. The summed E-state index contributed by atoms with van der Waals surface area (Å²) in [5.74, 6) is 1.01. The van der Waals surface area contributed by atoms with Crippen LogP contribution in [0.3, 0.4) is 0 Å². The molecule has 1 amide bonds. The van der Waals surface area contributed by atoms with Crippen LogP contribution in [0.25, 0.3) is 11.1 Å². The van der Waals surface area contributed by atoms with E-state index in [4.69, 9.17) is 4.98 Å². The zero-order valence-corrected chi connectivity index (χ0v) is 22.2. The molecule has 5 nitrogen and oxygen atoms in total. The van der Waals surface area contributed by atoms with E-state index in [2.05, 4.69) is 86.1 Å². The summed E-state index contributed by atoms with van der Waals surface area (Å²) in [7, 11) is 4.03. The van der Waals surface area contributed by atoms with Gasteiger partial charge in [0.05, 0.1) is 17.3 Å². The molecule has 2 aromatic carbocycles. The minimum Gasteiger partial charge on any atom is -0.354 e. The molecule has 0 atom stereocenters. The number of nitrogens with zero attached hydrogens (tertiary/aromatic N) is 4. The fraction of sp³-hybridized carbons (Fsp3) is 0.400. The highest BCUT2D eigenvalue weighted by molar-refractivity contribution is 6.03. The number of aryl methyl sites for hydroxylation is 3. The Kier molecular flexibility index (Phi) is 7.00. The lowest BCUT2D eigenvalue weighted by atomic mass is 9.81. The van der Waals surface area contributed by atoms with Gasteiger partial charge >= 0.3 is 0 Å². The average molecular weight is 471 g/mol. The van der Waals surface area contributed by atoms with Gasteiger partial charge in [-0.15, -0.1) is 0 Å². The van der Waals surface area contributed by atoms with E-state index in [0.29, 0.717) is 0 Å². The lowest BCUT2D eigenvalue weighted by Crippen LogP contribution is -2.45. The quantitative estimate of drug-likeness (QED) is 0.503. The number of benzene rings is 2. The van der Waals surface area contributed by atoms with E-state index < -0.39 is 5.41 Å². The SMILES string of the molecule is Cc1cc(C)cc(C(C)(C)C(=O)N(C)c2cnc(N3CCN(C)CC3)cc2-c2ccccc2C)c1. The number of piperazine rings is 1. The zero-order chi connectivity index (χ0) is 25.3. The van der Waals surface area contributed by atoms with Gasteiger partial charge in [0.15, 0.2) is 0 Å². The number of amides is 1. The number of pyridine rings is 1. The summed E-state index contributed by atoms with van der Waals surface area (Å²) >= 11 is 0. The molecule has 1 aromatic heterocycles. The van der Waals surface area contributed by atoms with E-state index in [1.807, 2.05) is 27.1 Å². The van der Waals surface area contributed by atoms with E-state index >= 15 is 0 Å². The number of aromatic nitrogens is 1. The predicted octanol–water partition coefficient (Wildman–Crippen LogP) is 5.37. The predicted molar refractivity (Wildman–Crippen MR) is 146 cm³/mol. The number of rotatable bonds is 5. The molecule has 0 unspecified atom stereocenters. The van der Waals surface area contributed by atoms with Gasteiger partial charge in [-0.3, -0.25) is 4.79 Å². The number of likely N-dealkylation sites (N-methyl/N-ethyl adjacent to an activating group) is 2. The van der Waals surface area contributed by atoms with E-state index in [9.17, 15) is 4.79 Å². The Balaban J connectivity index is 1.76. The van der Waals surface area contributed by atoms with Crippen LogP contribution in [0.2, 0.25) is 0 Å². The second kappa shape index (κ2) is 9.82. The molecule has 0 radical (unpaired) electrons. The van der Waals surface area contributed by atoms with Crippen LogP contribution < -0.4 is 9.80 Å². The Labute approximate surface area is 210 Å². The van der Waals surface area contributed by atoms with Crippen LogP contribution in [0.4, 0.5) is 11.5 Å². The summed E-state index contributed by atoms with van der Waals surface area (Å²) in [4.78, 5) is 25.3. The van der Waals surface area contributed by atoms with Crippen LogP contribution in [0.1, 0.15) is 36.1 Å². The fourth-order valence-electron chi connectivity index (χ4n) is 4.99. The molecule has 3 aromatic rings. The molecule has 1 aliphatic rings. The van der Waals surface area contributed by atoms with Crippen LogP contribution >= 0.6 is 0 Å². The maximum Gasteiger partial charge on any atom is 0.236 e. The van der Waals surface area contributed by atoms with Gasteiger partial charge in [-0.25, -0.2) is 4.98 Å². The molecule has 0 bridgehead atoms. The first-order valence-electron chi connectivity index (χ1n) is 12.4. The van der Waals surface area contributed by atoms with Crippen molar-refractivity contribution < 1.29 is 4.79 Å². The maximum absolute atomic E-state index is 14.0. The van der Waals surface area contributed by atoms with E-state index in [1.54, 1.807) is 4.90 Å². The van der Waals surface area contributed by atoms with E-state index in [-0.39, 0.29) is 5.91 Å². The summed E-state index contributed by atoms with van der Waals surface area (Å²) < 4.78 is 0. The highest BCUT2D eigenvalue weighted by atomic mass is 16.2. The summed E-state index contributed by atoms with van der Waals surface area (Å²) in [6, 6.07) is 16.9. The number of hydrogen-bond donors (Lipinski definition) is 0. The van der Waals surface area contributed by atoms with Crippen LogP contribution in [-0.2, 0) is 10.2 Å². The van der Waals surface area contributed by atoms with Crippen molar-refractivity contribution in [3.63, 3.8) is 0 Å². The number of carbonyl (C=O) groups excluding carboxylic acids is 1. The Hall–Kier alpha value is -3.18. The van der Waals surface area contributed by atoms with Crippen molar-refractivity contribution in [1.82, 2.24) is 9.88 Å². The summed E-state index contributed by atoms with van der Waals surface area (Å²) in [6.07, 6.45) is 1.88. The van der Waals surface area contributed by atoms with Crippen molar-refractivity contribution >= 4 is 17.4 Å². The third kappa shape index (κ3) is 5.10. The molecule has 1 saturated heterocycles. The minimum atomic E-state index is -0.676. The van der Waals surface area contributed by atoms with Crippen molar-refractivity contribution in [3.8, 4) is 11.1 Å². The van der Waals surface area contributed by atoms with Crippen LogP contribution in [-0.4, -0.2) is 56.1 Å². The Morgan fingerprint density at radius 2 is 1.54 bits per heavy atom. The molecule has 0 spiro atoms. The van der Waals surface area contributed by atoms with Gasteiger partial charge in [0.2, 0.25) is 5.91 Å². The first kappa shape index (κ1) is 24.9. The fourth-order valence-corrected chi connectivity index (χ4v) is 4.99. The molecule has 1 aliphatic heterocycles. The minimum absolute atomic E-state index is 0.0477. The van der Waals surface area contributed by atoms with Crippen molar-refractivity contribution in [1.29, 1.82) is 0 Å². The van der Waals surface area contributed by atoms with Crippen molar-refractivity contribution in [2.75, 3.05) is 50.1 Å². The molecule has 0 saturated carbocycles. The third-order valence-corrected chi connectivity index (χ3v) is 7.28. The molecule has 35 heavy (non-hydrogen) atoms. The average Bonchev–Trinajstić information content (AvgIpc) is 2.83. The first-order chi connectivity index (χ1) is 16.6. The van der Waals surface area contributed by atoms with Crippen molar-refractivity contribution in [3.05, 3.63) is 77.0 Å². The standard InChI is InChI=1S/C30H38N4O/c1-21-16-22(2)18-24(17-21)30(4,5)29(35)33(7)27-20-31-28(34-14-12-32(6)13-15-34)19-26(27)25-11-9-8-10-23(25)3/h8-11,16-20H,12-15H2,1-7H3. The van der Waals surface area contributed by atoms with Gasteiger partial charge < -0.3 is 14.7 Å². The van der Waals surface area contributed by atoms with Crippen molar-refractivity contribution in [2.24, 2.45) is 0 Å². The molecule has 0 N–H and O–H groups in total. The topological polar surface area (TPSA) is 39.7 Å². The summed E-state index contributed by atoms with van der Waals surface area (Å²) in [6.45, 7) is 14.2. The second-order valence-electron chi connectivity index (χ2n) is 10.5. The molecule has 1 fully saturated rings. The first-order valence-corrected chi connectivity index (χ1v) is 12.4. The van der Waals surface area contributed by atoms with E-state index in [1.165, 1.54) is 16.7 Å². The number of anilines is 2. The molecular formula is C30H38N4O. The largest absolute Gasteiger partial charge is 0.354 e. The van der Waals surface area contributed by atoms with Gasteiger partial charge in [0.1, 0.15) is 5.82 Å². The highest BCUT2D eigenvalue weighted by Crippen LogP contribution is 2.37. The number of carbonyl (C=O) groups is 1. The van der Waals surface area contributed by atoms with Crippen LogP contribution in [0.15, 0.2) is 54.7 Å². The Morgan fingerprint density at radius 3 is 2.17 bits per heavy atom.